The Hall–Kier alpha value is -1.87. The maximum Gasteiger partial charge on any atom is 0.311 e. The number of H-pyrrole nitrogens is 1. The summed E-state index contributed by atoms with van der Waals surface area (Å²) < 4.78 is 27.2. The lowest BCUT2D eigenvalue weighted by Gasteiger charge is -2.23. The molecule has 9 heteroatoms. The van der Waals surface area contributed by atoms with Crippen molar-refractivity contribution in [1.82, 2.24) is 14.2 Å². The highest BCUT2D eigenvalue weighted by atomic mass is 32.2. The van der Waals surface area contributed by atoms with Crippen LogP contribution in [0.5, 0.6) is 0 Å². The van der Waals surface area contributed by atoms with Crippen molar-refractivity contribution in [3.63, 3.8) is 0 Å². The van der Waals surface area contributed by atoms with E-state index in [0.717, 1.165) is 25.7 Å². The van der Waals surface area contributed by atoms with Gasteiger partial charge in [-0.3, -0.25) is 9.59 Å². The Balaban J connectivity index is 1.56. The van der Waals surface area contributed by atoms with Crippen LogP contribution < -0.4 is 0 Å². The van der Waals surface area contributed by atoms with Gasteiger partial charge in [0.15, 0.2) is 0 Å². The van der Waals surface area contributed by atoms with E-state index in [1.807, 2.05) is 0 Å². The van der Waals surface area contributed by atoms with E-state index in [1.54, 1.807) is 4.90 Å². The quantitative estimate of drug-likeness (QED) is 0.812. The Morgan fingerprint density at radius 2 is 1.96 bits per heavy atom. The molecule has 1 amide bonds. The van der Waals surface area contributed by atoms with Gasteiger partial charge in [0.1, 0.15) is 10.6 Å². The maximum absolute atomic E-state index is 13.0. The molecule has 1 aromatic heterocycles. The molecule has 2 N–H and O–H groups in total. The van der Waals surface area contributed by atoms with E-state index >= 15 is 0 Å². The van der Waals surface area contributed by atoms with Gasteiger partial charge in [0.25, 0.3) is 5.91 Å². The number of nitrogens with one attached hydrogen (secondary N) is 1. The number of hydrogen-bond donors (Lipinski definition) is 2. The monoisotopic (exact) mass is 381 g/mol. The number of aromatic amines is 1. The van der Waals surface area contributed by atoms with E-state index in [0.29, 0.717) is 19.5 Å². The van der Waals surface area contributed by atoms with Crippen molar-refractivity contribution < 1.29 is 23.1 Å². The summed E-state index contributed by atoms with van der Waals surface area (Å²) in [6.45, 7) is 1.62. The van der Waals surface area contributed by atoms with Crippen molar-refractivity contribution in [2.45, 2.75) is 37.0 Å². The molecule has 0 spiro atoms. The second-order valence-electron chi connectivity index (χ2n) is 7.60. The van der Waals surface area contributed by atoms with Crippen LogP contribution in [-0.2, 0) is 14.8 Å². The number of nitrogens with zero attached hydrogens (tertiary/aromatic N) is 2. The maximum atomic E-state index is 13.0. The third kappa shape index (κ3) is 2.56. The second kappa shape index (κ2) is 6.09. The number of carboxylic acids is 1. The van der Waals surface area contributed by atoms with Crippen LogP contribution in [0.3, 0.4) is 0 Å². The molecule has 3 heterocycles. The lowest BCUT2D eigenvalue weighted by Crippen LogP contribution is -2.37. The summed E-state index contributed by atoms with van der Waals surface area (Å²) in [5, 5.41) is 9.65. The first-order valence-corrected chi connectivity index (χ1v) is 10.5. The Labute approximate surface area is 152 Å². The predicted molar refractivity (Wildman–Crippen MR) is 92.1 cm³/mol. The number of hydrogen-bond acceptors (Lipinski definition) is 4. The van der Waals surface area contributed by atoms with E-state index < -0.39 is 21.4 Å². The van der Waals surface area contributed by atoms with E-state index in [1.165, 1.54) is 16.6 Å². The van der Waals surface area contributed by atoms with Gasteiger partial charge in [0.05, 0.1) is 5.41 Å². The largest absolute Gasteiger partial charge is 0.481 e. The van der Waals surface area contributed by atoms with Gasteiger partial charge in [-0.05, 0) is 37.7 Å². The molecule has 3 fully saturated rings. The fourth-order valence-corrected chi connectivity index (χ4v) is 6.21. The molecule has 8 nitrogen and oxygen atoms in total. The molecule has 2 atom stereocenters. The zero-order chi connectivity index (χ0) is 18.5. The summed E-state index contributed by atoms with van der Waals surface area (Å²) in [5.41, 5.74) is -0.699. The zero-order valence-electron chi connectivity index (χ0n) is 14.5. The number of carbonyl (C=O) groups is 2. The molecule has 1 aliphatic carbocycles. The number of aromatic nitrogens is 1. The molecule has 0 unspecified atom stereocenters. The van der Waals surface area contributed by atoms with Gasteiger partial charge in [-0.15, -0.1) is 0 Å². The summed E-state index contributed by atoms with van der Waals surface area (Å²) in [5.74, 6) is -1.24. The van der Waals surface area contributed by atoms with Gasteiger partial charge in [0, 0.05) is 32.4 Å². The molecular weight excluding hydrogens is 358 g/mol. The van der Waals surface area contributed by atoms with Gasteiger partial charge >= 0.3 is 5.97 Å². The van der Waals surface area contributed by atoms with Gasteiger partial charge in [-0.2, -0.15) is 4.31 Å². The van der Waals surface area contributed by atoms with Crippen molar-refractivity contribution in [3.05, 3.63) is 18.0 Å². The second-order valence-corrected chi connectivity index (χ2v) is 9.53. The minimum Gasteiger partial charge on any atom is -0.481 e. The summed E-state index contributed by atoms with van der Waals surface area (Å²) in [7, 11) is -3.82. The molecule has 2 saturated heterocycles. The fourth-order valence-electron chi connectivity index (χ4n) is 4.66. The van der Waals surface area contributed by atoms with Gasteiger partial charge in [-0.1, -0.05) is 6.42 Å². The number of carbonyl (C=O) groups excluding carboxylic acids is 1. The smallest absolute Gasteiger partial charge is 0.311 e. The molecular formula is C17H23N3O5S. The van der Waals surface area contributed by atoms with Crippen molar-refractivity contribution >= 4 is 21.9 Å². The van der Waals surface area contributed by atoms with E-state index in [4.69, 9.17) is 0 Å². The van der Waals surface area contributed by atoms with Crippen molar-refractivity contribution in [2.24, 2.45) is 11.3 Å². The van der Waals surface area contributed by atoms with Gasteiger partial charge in [0.2, 0.25) is 10.0 Å². The number of likely N-dealkylation sites (tertiary alicyclic amines) is 1. The molecule has 4 rings (SSSR count). The molecule has 0 radical (unpaired) electrons. The highest BCUT2D eigenvalue weighted by Crippen LogP contribution is 2.50. The number of sulfonamides is 1. The van der Waals surface area contributed by atoms with Crippen molar-refractivity contribution in [3.8, 4) is 0 Å². The Morgan fingerprint density at radius 1 is 1.23 bits per heavy atom. The molecule has 0 aromatic carbocycles. The number of fused-ring (bicyclic) bond motifs is 1. The Bertz CT molecular complexity index is 842. The van der Waals surface area contributed by atoms with Crippen LogP contribution in [0.4, 0.5) is 0 Å². The first-order valence-electron chi connectivity index (χ1n) is 9.06. The molecule has 0 bridgehead atoms. The Kier molecular flexibility index (Phi) is 4.11. The SMILES string of the molecule is O=C(c1cc(S(=O)(=O)N2C[C@@H]3CCC[C@@]3(C(=O)O)C2)c[nH]1)N1CCCC1. The highest BCUT2D eigenvalue weighted by molar-refractivity contribution is 7.89. The van der Waals surface area contributed by atoms with E-state index in [9.17, 15) is 23.1 Å². The summed E-state index contributed by atoms with van der Waals surface area (Å²) in [6.07, 6.45) is 5.34. The standard InChI is InChI=1S/C17H23N3O5S/c21-15(19-6-1-2-7-19)14-8-13(9-18-14)26(24,25)20-10-12-4-3-5-17(12,11-20)16(22)23/h8-9,12,18H,1-7,10-11H2,(H,22,23)/t12-,17+/m0/s1. The number of aliphatic carboxylic acids is 1. The normalized spacial score (nSPS) is 29.2. The Morgan fingerprint density at radius 3 is 2.62 bits per heavy atom. The van der Waals surface area contributed by atoms with Crippen molar-refractivity contribution in [1.29, 1.82) is 0 Å². The number of carboxylic acid groups (broad SMARTS) is 1. The molecule has 142 valence electrons. The van der Waals surface area contributed by atoms with Crippen LogP contribution >= 0.6 is 0 Å². The first kappa shape index (κ1) is 17.5. The van der Waals surface area contributed by atoms with E-state index in [-0.39, 0.29) is 35.5 Å². The zero-order valence-corrected chi connectivity index (χ0v) is 15.3. The summed E-state index contributed by atoms with van der Waals surface area (Å²) in [4.78, 5) is 28.7. The third-order valence-electron chi connectivity index (χ3n) is 6.18. The van der Waals surface area contributed by atoms with Crippen LogP contribution in [0, 0.1) is 11.3 Å². The fraction of sp³-hybridized carbons (Fsp3) is 0.647. The average Bonchev–Trinajstić information content (AvgIpc) is 3.36. The average molecular weight is 381 g/mol. The lowest BCUT2D eigenvalue weighted by molar-refractivity contribution is -0.149. The molecule has 1 saturated carbocycles. The molecule has 2 aliphatic heterocycles. The van der Waals surface area contributed by atoms with Crippen LogP contribution in [0.15, 0.2) is 17.2 Å². The summed E-state index contributed by atoms with van der Waals surface area (Å²) >= 11 is 0. The first-order chi connectivity index (χ1) is 12.3. The van der Waals surface area contributed by atoms with Crippen LogP contribution in [0.25, 0.3) is 0 Å². The molecule has 3 aliphatic rings. The van der Waals surface area contributed by atoms with Crippen LogP contribution in [-0.4, -0.2) is 65.8 Å². The number of rotatable bonds is 4. The lowest BCUT2D eigenvalue weighted by atomic mass is 9.81. The topological polar surface area (TPSA) is 111 Å². The predicted octanol–water partition coefficient (Wildman–Crippen LogP) is 1.13. The van der Waals surface area contributed by atoms with Gasteiger partial charge < -0.3 is 15.0 Å². The van der Waals surface area contributed by atoms with Crippen LogP contribution in [0.1, 0.15) is 42.6 Å². The highest BCUT2D eigenvalue weighted by Gasteiger charge is 2.57. The minimum atomic E-state index is -3.82. The molecule has 26 heavy (non-hydrogen) atoms. The summed E-state index contributed by atoms with van der Waals surface area (Å²) in [6, 6.07) is 1.37. The van der Waals surface area contributed by atoms with Gasteiger partial charge in [-0.25, -0.2) is 8.42 Å². The van der Waals surface area contributed by atoms with Crippen LogP contribution in [0.2, 0.25) is 0 Å². The number of amides is 1. The van der Waals surface area contributed by atoms with E-state index in [2.05, 4.69) is 4.98 Å². The van der Waals surface area contributed by atoms with Crippen molar-refractivity contribution in [2.75, 3.05) is 26.2 Å². The minimum absolute atomic E-state index is 0.00984. The third-order valence-corrected chi connectivity index (χ3v) is 7.97. The molecule has 1 aromatic rings.